The summed E-state index contributed by atoms with van der Waals surface area (Å²) in [6.07, 6.45) is 0.113. The Morgan fingerprint density at radius 3 is 2.14 bits per heavy atom. The van der Waals surface area contributed by atoms with Crippen LogP contribution >= 0.6 is 11.6 Å². The lowest BCUT2D eigenvalue weighted by Gasteiger charge is -2.07. The molecule has 0 spiro atoms. The van der Waals surface area contributed by atoms with E-state index in [9.17, 15) is 9.59 Å². The van der Waals surface area contributed by atoms with E-state index in [0.717, 1.165) is 11.1 Å². The molecule has 3 amide bonds. The Labute approximate surface area is 128 Å². The fraction of sp³-hybridized carbons (Fsp3) is 0.125. The van der Waals surface area contributed by atoms with Crippen LogP contribution in [-0.4, -0.2) is 17.8 Å². The molecule has 0 radical (unpaired) electrons. The van der Waals surface area contributed by atoms with Crippen LogP contribution in [-0.2, 0) is 4.79 Å². The lowest BCUT2D eigenvalue weighted by atomic mass is 10.1. The summed E-state index contributed by atoms with van der Waals surface area (Å²) in [6, 6.07) is 16.8. The fourth-order valence-corrected chi connectivity index (χ4v) is 1.99. The van der Waals surface area contributed by atoms with Crippen LogP contribution in [0.3, 0.4) is 0 Å². The van der Waals surface area contributed by atoms with Gasteiger partial charge in [0.25, 0.3) is 0 Å². The third-order valence-electron chi connectivity index (χ3n) is 2.82. The van der Waals surface area contributed by atoms with Crippen LogP contribution in [0.15, 0.2) is 54.6 Å². The summed E-state index contributed by atoms with van der Waals surface area (Å²) >= 11 is 5.42. The van der Waals surface area contributed by atoms with E-state index in [1.54, 1.807) is 12.1 Å². The predicted octanol–water partition coefficient (Wildman–Crippen LogP) is 3.63. The highest BCUT2D eigenvalue weighted by Gasteiger charge is 2.07. The summed E-state index contributed by atoms with van der Waals surface area (Å²) in [5, 5.41) is 4.80. The van der Waals surface area contributed by atoms with Gasteiger partial charge in [-0.1, -0.05) is 42.5 Å². The van der Waals surface area contributed by atoms with E-state index in [0.29, 0.717) is 5.69 Å². The molecule has 0 aliphatic carbocycles. The van der Waals surface area contributed by atoms with Crippen molar-refractivity contribution in [1.29, 1.82) is 0 Å². The number of amides is 3. The number of urea groups is 1. The highest BCUT2D eigenvalue weighted by atomic mass is 35.5. The summed E-state index contributed by atoms with van der Waals surface area (Å²) in [5.41, 5.74) is 2.77. The molecule has 0 unspecified atom stereocenters. The van der Waals surface area contributed by atoms with Gasteiger partial charge in [0.05, 0.1) is 0 Å². The number of anilines is 1. The van der Waals surface area contributed by atoms with Gasteiger partial charge >= 0.3 is 6.03 Å². The van der Waals surface area contributed by atoms with Crippen molar-refractivity contribution in [3.63, 3.8) is 0 Å². The number of rotatable bonds is 4. The van der Waals surface area contributed by atoms with Crippen molar-refractivity contribution in [1.82, 2.24) is 5.32 Å². The molecule has 0 aliphatic rings. The number of halogens is 1. The lowest BCUT2D eigenvalue weighted by molar-refractivity contribution is -0.119. The Bertz CT molecular complexity index is 612. The van der Waals surface area contributed by atoms with Crippen molar-refractivity contribution >= 4 is 29.2 Å². The van der Waals surface area contributed by atoms with Crippen molar-refractivity contribution in [2.75, 3.05) is 11.2 Å². The van der Waals surface area contributed by atoms with Crippen LogP contribution in [0.5, 0.6) is 0 Å². The van der Waals surface area contributed by atoms with Crippen molar-refractivity contribution in [3.8, 4) is 11.1 Å². The minimum Gasteiger partial charge on any atom is -0.308 e. The molecular weight excluding hydrogens is 288 g/mol. The average Bonchev–Trinajstić information content (AvgIpc) is 2.49. The molecule has 4 nitrogen and oxygen atoms in total. The van der Waals surface area contributed by atoms with E-state index in [4.69, 9.17) is 11.6 Å². The quantitative estimate of drug-likeness (QED) is 0.847. The minimum atomic E-state index is -0.558. The first kappa shape index (κ1) is 15.1. The highest BCUT2D eigenvalue weighted by molar-refractivity contribution is 6.19. The van der Waals surface area contributed by atoms with Crippen LogP contribution in [0.25, 0.3) is 11.1 Å². The fourth-order valence-electron chi connectivity index (χ4n) is 1.81. The topological polar surface area (TPSA) is 58.2 Å². The number of imide groups is 1. The van der Waals surface area contributed by atoms with Gasteiger partial charge in [0.1, 0.15) is 0 Å². The van der Waals surface area contributed by atoms with E-state index < -0.39 is 11.9 Å². The molecule has 0 bridgehead atoms. The zero-order chi connectivity index (χ0) is 15.1. The molecule has 108 valence electrons. The second-order valence-corrected chi connectivity index (χ2v) is 4.76. The second kappa shape index (κ2) is 7.45. The molecule has 0 aliphatic heterocycles. The normalized spacial score (nSPS) is 9.95. The van der Waals surface area contributed by atoms with Gasteiger partial charge in [-0.2, -0.15) is 0 Å². The van der Waals surface area contributed by atoms with Gasteiger partial charge in [0.15, 0.2) is 0 Å². The van der Waals surface area contributed by atoms with Crippen molar-refractivity contribution in [2.45, 2.75) is 6.42 Å². The van der Waals surface area contributed by atoms with Gasteiger partial charge in [-0.25, -0.2) is 4.79 Å². The molecule has 2 N–H and O–H groups in total. The second-order valence-electron chi connectivity index (χ2n) is 4.38. The number of benzene rings is 2. The Morgan fingerprint density at radius 1 is 0.905 bits per heavy atom. The Morgan fingerprint density at radius 2 is 1.52 bits per heavy atom. The standard InChI is InChI=1S/C16H15ClN2O2/c17-11-10-15(20)19-16(21)18-14-8-6-13(7-9-14)12-4-2-1-3-5-12/h1-9H,10-11H2,(H2,18,19,20,21). The van der Waals surface area contributed by atoms with Gasteiger partial charge in [-0.3, -0.25) is 10.1 Å². The monoisotopic (exact) mass is 302 g/mol. The van der Waals surface area contributed by atoms with Crippen LogP contribution in [0.1, 0.15) is 6.42 Å². The predicted molar refractivity (Wildman–Crippen MR) is 84.4 cm³/mol. The van der Waals surface area contributed by atoms with Gasteiger partial charge in [0, 0.05) is 18.0 Å². The van der Waals surface area contributed by atoms with Gasteiger partial charge in [-0.15, -0.1) is 11.6 Å². The lowest BCUT2D eigenvalue weighted by Crippen LogP contribution is -2.34. The maximum atomic E-state index is 11.6. The van der Waals surface area contributed by atoms with Gasteiger partial charge in [-0.05, 0) is 23.3 Å². The zero-order valence-electron chi connectivity index (χ0n) is 11.3. The Balaban J connectivity index is 1.97. The summed E-state index contributed by atoms with van der Waals surface area (Å²) in [7, 11) is 0. The van der Waals surface area contributed by atoms with Crippen molar-refractivity contribution < 1.29 is 9.59 Å². The van der Waals surface area contributed by atoms with E-state index in [2.05, 4.69) is 10.6 Å². The molecule has 0 atom stereocenters. The molecule has 0 saturated heterocycles. The summed E-state index contributed by atoms with van der Waals surface area (Å²) < 4.78 is 0. The van der Waals surface area contributed by atoms with E-state index in [1.807, 2.05) is 42.5 Å². The highest BCUT2D eigenvalue weighted by Crippen LogP contribution is 2.20. The molecule has 2 aromatic carbocycles. The Hall–Kier alpha value is -2.33. The number of hydrogen-bond acceptors (Lipinski definition) is 2. The zero-order valence-corrected chi connectivity index (χ0v) is 12.1. The molecule has 2 aromatic rings. The van der Waals surface area contributed by atoms with Crippen molar-refractivity contribution in [3.05, 3.63) is 54.6 Å². The maximum absolute atomic E-state index is 11.6. The first-order chi connectivity index (χ1) is 10.2. The minimum absolute atomic E-state index is 0.113. The molecule has 0 heterocycles. The van der Waals surface area contributed by atoms with E-state index in [-0.39, 0.29) is 12.3 Å². The molecule has 0 aromatic heterocycles. The van der Waals surface area contributed by atoms with Crippen LogP contribution in [0.4, 0.5) is 10.5 Å². The summed E-state index contributed by atoms with van der Waals surface area (Å²) in [6.45, 7) is 0. The molecule has 2 rings (SSSR count). The molecule has 0 fully saturated rings. The SMILES string of the molecule is O=C(CCCl)NC(=O)Nc1ccc(-c2ccccc2)cc1. The maximum Gasteiger partial charge on any atom is 0.325 e. The number of carbonyl (C=O) groups is 2. The third kappa shape index (κ3) is 4.61. The van der Waals surface area contributed by atoms with Gasteiger partial charge in [0.2, 0.25) is 5.91 Å². The third-order valence-corrected chi connectivity index (χ3v) is 3.01. The van der Waals surface area contributed by atoms with Crippen LogP contribution < -0.4 is 10.6 Å². The van der Waals surface area contributed by atoms with Gasteiger partial charge < -0.3 is 5.32 Å². The molecule has 21 heavy (non-hydrogen) atoms. The number of carbonyl (C=O) groups excluding carboxylic acids is 2. The summed E-state index contributed by atoms with van der Waals surface area (Å²) in [4.78, 5) is 22.8. The Kier molecular flexibility index (Phi) is 5.35. The van der Waals surface area contributed by atoms with E-state index in [1.165, 1.54) is 0 Å². The first-order valence-corrected chi connectivity index (χ1v) is 7.05. The summed E-state index contributed by atoms with van der Waals surface area (Å²) in [5.74, 6) is -0.214. The largest absolute Gasteiger partial charge is 0.325 e. The molecule has 0 saturated carbocycles. The smallest absolute Gasteiger partial charge is 0.308 e. The van der Waals surface area contributed by atoms with Crippen LogP contribution in [0.2, 0.25) is 0 Å². The number of alkyl halides is 1. The number of hydrogen-bond donors (Lipinski definition) is 2. The van der Waals surface area contributed by atoms with E-state index >= 15 is 0 Å². The molecule has 5 heteroatoms. The molecular formula is C16H15ClN2O2. The first-order valence-electron chi connectivity index (χ1n) is 6.51. The average molecular weight is 303 g/mol. The van der Waals surface area contributed by atoms with Crippen molar-refractivity contribution in [2.24, 2.45) is 0 Å². The van der Waals surface area contributed by atoms with Crippen LogP contribution in [0, 0.1) is 0 Å². The number of nitrogens with one attached hydrogen (secondary N) is 2.